The van der Waals surface area contributed by atoms with Gasteiger partial charge in [-0.2, -0.15) is 0 Å². The van der Waals surface area contributed by atoms with Crippen molar-refractivity contribution in [2.45, 2.75) is 68.7 Å². The van der Waals surface area contributed by atoms with Crippen molar-refractivity contribution >= 4 is 5.78 Å². The Morgan fingerprint density at radius 3 is 0.939 bits per heavy atom. The Morgan fingerprint density at radius 2 is 0.667 bits per heavy atom. The van der Waals surface area contributed by atoms with Crippen molar-refractivity contribution in [1.29, 1.82) is 0 Å². The summed E-state index contributed by atoms with van der Waals surface area (Å²) in [6.07, 6.45) is 8.72. The van der Waals surface area contributed by atoms with Crippen LogP contribution in [0.3, 0.4) is 0 Å². The average molecular weight is 461 g/mol. The molecule has 0 amide bonds. The lowest BCUT2D eigenvalue weighted by molar-refractivity contribution is -0.360. The first-order chi connectivity index (χ1) is 16.1. The Labute approximate surface area is 195 Å². The van der Waals surface area contributed by atoms with Crippen molar-refractivity contribution in [3.8, 4) is 0 Å². The second kappa shape index (κ2) is 7.01. The summed E-state index contributed by atoms with van der Waals surface area (Å²) in [5.74, 6) is 3.77. The van der Waals surface area contributed by atoms with Crippen LogP contribution in [-0.2, 0) is 33.2 Å². The topological polar surface area (TPSA) is 72.5 Å². The Morgan fingerprint density at radius 1 is 0.424 bits per heavy atom. The van der Waals surface area contributed by atoms with E-state index < -0.39 is 0 Å². The van der Waals surface area contributed by atoms with Crippen LogP contribution in [0.25, 0.3) is 0 Å². The molecule has 3 aliphatic heterocycles. The number of Topliss-reactive ketones (excluding diaryl/α,β-unsaturated/α-hetero) is 1. The monoisotopic (exact) mass is 460 g/mol. The molecule has 0 N–H and O–H groups in total. The van der Waals surface area contributed by atoms with E-state index in [2.05, 4.69) is 0 Å². The third-order valence-corrected chi connectivity index (χ3v) is 11.0. The van der Waals surface area contributed by atoms with Crippen LogP contribution in [0, 0.1) is 47.3 Å². The van der Waals surface area contributed by atoms with Crippen molar-refractivity contribution < 1.29 is 33.2 Å². The minimum atomic E-state index is -0.270. The van der Waals surface area contributed by atoms with E-state index in [1.165, 1.54) is 0 Å². The number of ether oxygens (including phenoxy) is 6. The van der Waals surface area contributed by atoms with E-state index in [4.69, 9.17) is 28.4 Å². The summed E-state index contributed by atoms with van der Waals surface area (Å²) in [5.41, 5.74) is 0. The normalized spacial score (nSPS) is 50.6. The largest absolute Gasteiger partial charge is 0.347 e. The van der Waals surface area contributed by atoms with Gasteiger partial charge in [-0.1, -0.05) is 0 Å². The number of rotatable bonds is 0. The molecule has 11 aliphatic rings. The fraction of sp³-hybridized carbons (Fsp3) is 0.962. The van der Waals surface area contributed by atoms with E-state index in [0.29, 0.717) is 53.1 Å². The predicted molar refractivity (Wildman–Crippen MR) is 114 cm³/mol. The second-order valence-electron chi connectivity index (χ2n) is 12.1. The minimum absolute atomic E-state index is 0.229. The fourth-order valence-electron chi connectivity index (χ4n) is 10.0. The Kier molecular flexibility index (Phi) is 4.38. The van der Waals surface area contributed by atoms with Gasteiger partial charge in [0.15, 0.2) is 17.4 Å². The van der Waals surface area contributed by atoms with Gasteiger partial charge in [0.1, 0.15) is 5.78 Å². The minimum Gasteiger partial charge on any atom is -0.347 e. The van der Waals surface area contributed by atoms with Crippen LogP contribution in [0.4, 0.5) is 0 Å². The van der Waals surface area contributed by atoms with Gasteiger partial charge in [0.25, 0.3) is 0 Å². The molecule has 3 saturated heterocycles. The standard InChI is InChI=1S/C14H20O4.C12H16O3/c1-2-16-13(15-1)9-5-11-7-10(13)8-12(6-9)14(11)17-3-4-18-14;13-11-7-3-9-5-8(11)6-10(4-7)12(9)14-1-2-15-12/h9-12H,1-8H2;7-10H,1-6H2. The van der Waals surface area contributed by atoms with Gasteiger partial charge in [0.05, 0.1) is 39.6 Å². The van der Waals surface area contributed by atoms with Crippen LogP contribution in [0.1, 0.15) is 51.4 Å². The highest BCUT2D eigenvalue weighted by atomic mass is 16.8. The van der Waals surface area contributed by atoms with Crippen molar-refractivity contribution in [3.63, 3.8) is 0 Å². The molecule has 0 aromatic rings. The number of carbonyl (C=O) groups is 1. The molecule has 8 saturated carbocycles. The Balaban J connectivity index is 0.000000110. The zero-order valence-electron chi connectivity index (χ0n) is 19.4. The molecule has 0 aromatic carbocycles. The highest BCUT2D eigenvalue weighted by molar-refractivity contribution is 5.85. The fourth-order valence-corrected chi connectivity index (χ4v) is 10.0. The van der Waals surface area contributed by atoms with E-state index >= 15 is 0 Å². The quantitative estimate of drug-likeness (QED) is 0.550. The molecule has 33 heavy (non-hydrogen) atoms. The maximum Gasteiger partial charge on any atom is 0.174 e. The van der Waals surface area contributed by atoms with E-state index in [1.54, 1.807) is 0 Å². The molecule has 0 radical (unpaired) electrons. The molecule has 8 bridgehead atoms. The van der Waals surface area contributed by atoms with E-state index in [1.807, 2.05) is 0 Å². The van der Waals surface area contributed by atoms with Crippen LogP contribution in [0.5, 0.6) is 0 Å². The van der Waals surface area contributed by atoms with E-state index in [9.17, 15) is 4.79 Å². The summed E-state index contributed by atoms with van der Waals surface area (Å²) < 4.78 is 36.1. The van der Waals surface area contributed by atoms with Crippen molar-refractivity contribution in [1.82, 2.24) is 0 Å². The molecule has 182 valence electrons. The third kappa shape index (κ3) is 2.59. The first kappa shape index (κ1) is 20.6. The zero-order chi connectivity index (χ0) is 21.8. The SMILES string of the molecule is C1COC2(O1)C1CC3CC2CC(C1)C31OCCO1.O=C1C2CC3CC1CC(C2)C31OCCO1. The molecule has 7 nitrogen and oxygen atoms in total. The molecule has 0 aromatic heterocycles. The van der Waals surface area contributed by atoms with E-state index in [0.717, 1.165) is 91.0 Å². The lowest BCUT2D eigenvalue weighted by Gasteiger charge is -2.63. The van der Waals surface area contributed by atoms with Crippen LogP contribution in [-0.4, -0.2) is 62.8 Å². The summed E-state index contributed by atoms with van der Waals surface area (Å²) in [6.45, 7) is 4.61. The molecule has 11 fully saturated rings. The maximum absolute atomic E-state index is 11.9. The van der Waals surface area contributed by atoms with Crippen molar-refractivity contribution in [3.05, 3.63) is 0 Å². The summed E-state index contributed by atoms with van der Waals surface area (Å²) in [5, 5.41) is 0. The first-order valence-corrected chi connectivity index (χ1v) is 13.5. The third-order valence-electron chi connectivity index (χ3n) is 11.0. The van der Waals surface area contributed by atoms with Crippen LogP contribution >= 0.6 is 0 Å². The van der Waals surface area contributed by atoms with E-state index in [-0.39, 0.29) is 17.4 Å². The number of ketones is 1. The smallest absolute Gasteiger partial charge is 0.174 e. The molecule has 0 atom stereocenters. The van der Waals surface area contributed by atoms with Crippen LogP contribution in [0.15, 0.2) is 0 Å². The summed E-state index contributed by atoms with van der Waals surface area (Å²) >= 11 is 0. The molecule has 3 spiro atoms. The first-order valence-electron chi connectivity index (χ1n) is 13.5. The van der Waals surface area contributed by atoms with Gasteiger partial charge in [-0.25, -0.2) is 0 Å². The maximum atomic E-state index is 11.9. The Hall–Kier alpha value is -0.570. The second-order valence-corrected chi connectivity index (χ2v) is 12.1. The van der Waals surface area contributed by atoms with Gasteiger partial charge in [-0.3, -0.25) is 4.79 Å². The van der Waals surface area contributed by atoms with Gasteiger partial charge >= 0.3 is 0 Å². The van der Waals surface area contributed by atoms with Gasteiger partial charge < -0.3 is 28.4 Å². The number of hydrogen-bond donors (Lipinski definition) is 0. The summed E-state index contributed by atoms with van der Waals surface area (Å²) in [6, 6.07) is 0. The zero-order valence-corrected chi connectivity index (χ0v) is 19.4. The average Bonchev–Trinajstić information content (AvgIpc) is 3.56. The Bertz CT molecular complexity index is 720. The van der Waals surface area contributed by atoms with Crippen molar-refractivity contribution in [2.24, 2.45) is 47.3 Å². The van der Waals surface area contributed by atoms with Gasteiger partial charge in [0, 0.05) is 47.3 Å². The lowest BCUT2D eigenvalue weighted by atomic mass is 9.50. The van der Waals surface area contributed by atoms with Gasteiger partial charge in [0.2, 0.25) is 0 Å². The molecule has 11 rings (SSSR count). The highest BCUT2D eigenvalue weighted by Crippen LogP contribution is 2.66. The van der Waals surface area contributed by atoms with Crippen LogP contribution < -0.4 is 0 Å². The summed E-state index contributed by atoms with van der Waals surface area (Å²) in [4.78, 5) is 11.9. The molecular formula is C26H36O7. The number of carbonyl (C=O) groups excluding carboxylic acids is 1. The van der Waals surface area contributed by atoms with Crippen LogP contribution in [0.2, 0.25) is 0 Å². The molecule has 3 heterocycles. The van der Waals surface area contributed by atoms with Crippen molar-refractivity contribution in [2.75, 3.05) is 39.6 Å². The number of hydrogen-bond acceptors (Lipinski definition) is 7. The predicted octanol–water partition coefficient (Wildman–Crippen LogP) is 2.90. The molecular weight excluding hydrogens is 424 g/mol. The molecule has 8 aliphatic carbocycles. The lowest BCUT2D eigenvalue weighted by Crippen LogP contribution is -2.67. The molecule has 0 unspecified atom stereocenters. The summed E-state index contributed by atoms with van der Waals surface area (Å²) in [7, 11) is 0. The highest BCUT2D eigenvalue weighted by Gasteiger charge is 2.69. The van der Waals surface area contributed by atoms with Gasteiger partial charge in [-0.05, 0) is 51.4 Å². The van der Waals surface area contributed by atoms with Gasteiger partial charge in [-0.15, -0.1) is 0 Å². The molecule has 7 heteroatoms.